The van der Waals surface area contributed by atoms with Crippen LogP contribution in [0.4, 0.5) is 5.69 Å². The molecular formula is C20H15BrCl3NO. The summed E-state index contributed by atoms with van der Waals surface area (Å²) >= 11 is 21.7. The van der Waals surface area contributed by atoms with Gasteiger partial charge in [-0.1, -0.05) is 62.9 Å². The van der Waals surface area contributed by atoms with Gasteiger partial charge in [0.25, 0.3) is 0 Å². The molecule has 3 aromatic rings. The van der Waals surface area contributed by atoms with Crippen molar-refractivity contribution in [2.45, 2.75) is 13.2 Å². The molecule has 3 aromatic carbocycles. The lowest BCUT2D eigenvalue weighted by Crippen LogP contribution is -2.04. The van der Waals surface area contributed by atoms with E-state index in [1.807, 2.05) is 48.5 Å². The number of rotatable bonds is 6. The van der Waals surface area contributed by atoms with Crippen LogP contribution < -0.4 is 10.1 Å². The first-order valence-electron chi connectivity index (χ1n) is 7.86. The number of ether oxygens (including phenoxy) is 1. The summed E-state index contributed by atoms with van der Waals surface area (Å²) in [4.78, 5) is 0. The van der Waals surface area contributed by atoms with Crippen LogP contribution in [0, 0.1) is 0 Å². The fourth-order valence-corrected chi connectivity index (χ4v) is 3.53. The predicted molar refractivity (Wildman–Crippen MR) is 114 cm³/mol. The summed E-state index contributed by atoms with van der Waals surface area (Å²) in [5.74, 6) is 0.797. The van der Waals surface area contributed by atoms with Gasteiger partial charge in [-0.2, -0.15) is 0 Å². The number of benzene rings is 3. The molecule has 0 aliphatic carbocycles. The van der Waals surface area contributed by atoms with E-state index in [1.54, 1.807) is 12.1 Å². The zero-order valence-corrected chi connectivity index (χ0v) is 17.5. The van der Waals surface area contributed by atoms with Gasteiger partial charge in [0.05, 0.1) is 10.7 Å². The van der Waals surface area contributed by atoms with Crippen LogP contribution in [0.3, 0.4) is 0 Å². The Bertz CT molecular complexity index is 917. The summed E-state index contributed by atoms with van der Waals surface area (Å²) in [7, 11) is 0. The third-order valence-corrected chi connectivity index (χ3v) is 4.98. The smallest absolute Gasteiger partial charge is 0.124 e. The van der Waals surface area contributed by atoms with E-state index in [4.69, 9.17) is 39.5 Å². The summed E-state index contributed by atoms with van der Waals surface area (Å²) in [5.41, 5.74) is 2.84. The second-order valence-corrected chi connectivity index (χ2v) is 7.84. The lowest BCUT2D eigenvalue weighted by Gasteiger charge is -2.14. The minimum Gasteiger partial charge on any atom is -0.489 e. The maximum Gasteiger partial charge on any atom is 0.124 e. The van der Waals surface area contributed by atoms with E-state index < -0.39 is 0 Å². The molecule has 134 valence electrons. The van der Waals surface area contributed by atoms with Crippen molar-refractivity contribution >= 4 is 56.4 Å². The summed E-state index contributed by atoms with van der Waals surface area (Å²) in [6.45, 7) is 1.00. The second kappa shape index (κ2) is 9.01. The van der Waals surface area contributed by atoms with E-state index in [0.717, 1.165) is 27.0 Å². The third kappa shape index (κ3) is 5.31. The molecule has 0 aliphatic rings. The Morgan fingerprint density at radius 3 is 2.46 bits per heavy atom. The molecule has 0 spiro atoms. The summed E-state index contributed by atoms with van der Waals surface area (Å²) < 4.78 is 6.98. The highest BCUT2D eigenvalue weighted by atomic mass is 79.9. The first kappa shape index (κ1) is 19.4. The lowest BCUT2D eigenvalue weighted by atomic mass is 10.2. The highest BCUT2D eigenvalue weighted by Crippen LogP contribution is 2.29. The zero-order chi connectivity index (χ0) is 18.5. The average Bonchev–Trinajstić information content (AvgIpc) is 2.60. The minimum absolute atomic E-state index is 0.441. The van der Waals surface area contributed by atoms with Gasteiger partial charge in [0.1, 0.15) is 12.4 Å². The Balaban J connectivity index is 1.73. The van der Waals surface area contributed by atoms with Crippen LogP contribution in [0.15, 0.2) is 65.1 Å². The molecule has 3 rings (SSSR count). The zero-order valence-electron chi connectivity index (χ0n) is 13.6. The van der Waals surface area contributed by atoms with E-state index in [0.29, 0.717) is 28.2 Å². The van der Waals surface area contributed by atoms with Crippen LogP contribution in [-0.2, 0) is 13.2 Å². The van der Waals surface area contributed by atoms with Gasteiger partial charge in [0.15, 0.2) is 0 Å². The van der Waals surface area contributed by atoms with E-state index in [2.05, 4.69) is 21.2 Å². The molecule has 0 heterocycles. The Morgan fingerprint density at radius 2 is 1.69 bits per heavy atom. The molecule has 0 atom stereocenters. The maximum atomic E-state index is 6.22. The molecule has 0 aliphatic heterocycles. The predicted octanol–water partition coefficient (Wildman–Crippen LogP) is 7.60. The Labute approximate surface area is 176 Å². The van der Waals surface area contributed by atoms with Crippen LogP contribution in [0.1, 0.15) is 11.1 Å². The van der Waals surface area contributed by atoms with Gasteiger partial charge in [-0.05, 0) is 54.1 Å². The van der Waals surface area contributed by atoms with Crippen LogP contribution in [0.25, 0.3) is 0 Å². The summed E-state index contributed by atoms with van der Waals surface area (Å²) in [6, 6.07) is 18.9. The quantitative estimate of drug-likeness (QED) is 0.400. The van der Waals surface area contributed by atoms with Crippen molar-refractivity contribution in [3.8, 4) is 5.75 Å². The van der Waals surface area contributed by atoms with Crippen LogP contribution >= 0.6 is 50.7 Å². The summed E-state index contributed by atoms with van der Waals surface area (Å²) in [5, 5.41) is 5.20. The molecule has 0 aromatic heterocycles. The van der Waals surface area contributed by atoms with E-state index >= 15 is 0 Å². The SMILES string of the molecule is Clc1cccc(COc2ccc(Br)cc2CNc2ccc(Cl)cc2Cl)c1. The van der Waals surface area contributed by atoms with Crippen molar-refractivity contribution in [3.05, 3.63) is 91.3 Å². The molecule has 1 N–H and O–H groups in total. The normalized spacial score (nSPS) is 10.6. The first-order valence-corrected chi connectivity index (χ1v) is 9.78. The Morgan fingerprint density at radius 1 is 0.885 bits per heavy atom. The molecule has 0 radical (unpaired) electrons. The molecule has 0 saturated heterocycles. The van der Waals surface area contributed by atoms with Crippen molar-refractivity contribution < 1.29 is 4.74 Å². The van der Waals surface area contributed by atoms with Crippen molar-refractivity contribution in [3.63, 3.8) is 0 Å². The number of hydrogen-bond donors (Lipinski definition) is 1. The largest absolute Gasteiger partial charge is 0.489 e. The standard InChI is InChI=1S/C20H15BrCl3NO/c21-15-4-7-20(26-12-13-2-1-3-16(22)8-13)14(9-15)11-25-19-6-5-17(23)10-18(19)24/h1-10,25H,11-12H2. The fourth-order valence-electron chi connectivity index (χ4n) is 2.44. The highest BCUT2D eigenvalue weighted by Gasteiger charge is 2.08. The van der Waals surface area contributed by atoms with Crippen molar-refractivity contribution in [2.24, 2.45) is 0 Å². The molecule has 0 saturated carbocycles. The fraction of sp³-hybridized carbons (Fsp3) is 0.100. The lowest BCUT2D eigenvalue weighted by molar-refractivity contribution is 0.303. The van der Waals surface area contributed by atoms with Crippen LogP contribution in [0.5, 0.6) is 5.75 Å². The van der Waals surface area contributed by atoms with Gasteiger partial charge in [0.2, 0.25) is 0 Å². The van der Waals surface area contributed by atoms with Crippen LogP contribution in [-0.4, -0.2) is 0 Å². The van der Waals surface area contributed by atoms with E-state index in [1.165, 1.54) is 0 Å². The number of anilines is 1. The molecule has 26 heavy (non-hydrogen) atoms. The monoisotopic (exact) mass is 469 g/mol. The maximum absolute atomic E-state index is 6.22. The van der Waals surface area contributed by atoms with Gasteiger partial charge in [-0.15, -0.1) is 0 Å². The first-order chi connectivity index (χ1) is 12.5. The molecule has 0 amide bonds. The van der Waals surface area contributed by atoms with E-state index in [-0.39, 0.29) is 0 Å². The molecule has 0 fully saturated rings. The Kier molecular flexibility index (Phi) is 6.71. The average molecular weight is 472 g/mol. The van der Waals surface area contributed by atoms with E-state index in [9.17, 15) is 0 Å². The highest BCUT2D eigenvalue weighted by molar-refractivity contribution is 9.10. The van der Waals surface area contributed by atoms with Gasteiger partial charge in [-0.3, -0.25) is 0 Å². The van der Waals surface area contributed by atoms with Gasteiger partial charge in [0, 0.05) is 26.6 Å². The van der Waals surface area contributed by atoms with Crippen molar-refractivity contribution in [2.75, 3.05) is 5.32 Å². The van der Waals surface area contributed by atoms with Gasteiger partial charge in [-0.25, -0.2) is 0 Å². The second-order valence-electron chi connectivity index (χ2n) is 5.65. The number of hydrogen-bond acceptors (Lipinski definition) is 2. The molecule has 0 unspecified atom stereocenters. The molecular weight excluding hydrogens is 456 g/mol. The molecule has 0 bridgehead atoms. The minimum atomic E-state index is 0.441. The van der Waals surface area contributed by atoms with Gasteiger partial charge >= 0.3 is 0 Å². The van der Waals surface area contributed by atoms with Crippen molar-refractivity contribution in [1.29, 1.82) is 0 Å². The Hall–Kier alpha value is -1.39. The van der Waals surface area contributed by atoms with Crippen LogP contribution in [0.2, 0.25) is 15.1 Å². The number of nitrogens with one attached hydrogen (secondary N) is 1. The molecule has 6 heteroatoms. The van der Waals surface area contributed by atoms with Gasteiger partial charge < -0.3 is 10.1 Å². The topological polar surface area (TPSA) is 21.3 Å². The number of halogens is 4. The molecule has 2 nitrogen and oxygen atoms in total. The summed E-state index contributed by atoms with van der Waals surface area (Å²) in [6.07, 6.45) is 0. The van der Waals surface area contributed by atoms with Crippen molar-refractivity contribution in [1.82, 2.24) is 0 Å². The third-order valence-electron chi connectivity index (χ3n) is 3.71.